The molecular weight excluding hydrogens is 466 g/mol. The highest BCUT2D eigenvalue weighted by molar-refractivity contribution is 8.93. The molecule has 0 spiro atoms. The van der Waals surface area contributed by atoms with E-state index in [1.807, 2.05) is 67.6 Å². The molecule has 3 nitrogen and oxygen atoms in total. The molecule has 146 valence electrons. The highest BCUT2D eigenvalue weighted by Crippen LogP contribution is 2.23. The zero-order valence-corrected chi connectivity index (χ0v) is 19.0. The van der Waals surface area contributed by atoms with Crippen LogP contribution in [-0.2, 0) is 0 Å². The number of thiazole rings is 1. The number of nitrogens with zero attached hydrogens (tertiary/aromatic N) is 3. The van der Waals surface area contributed by atoms with Gasteiger partial charge in [-0.05, 0) is 42.3 Å². The lowest BCUT2D eigenvalue weighted by molar-refractivity contribution is 0.970. The predicted molar refractivity (Wildman–Crippen MR) is 129 cm³/mol. The van der Waals surface area contributed by atoms with Crippen LogP contribution in [0.3, 0.4) is 0 Å². The first-order valence-electron chi connectivity index (χ1n) is 8.88. The second kappa shape index (κ2) is 9.83. The Morgan fingerprint density at radius 1 is 0.862 bits per heavy atom. The molecule has 6 heteroatoms. The summed E-state index contributed by atoms with van der Waals surface area (Å²) in [4.78, 5) is 0.818. The van der Waals surface area contributed by atoms with Crippen molar-refractivity contribution in [2.24, 2.45) is 10.2 Å². The van der Waals surface area contributed by atoms with Gasteiger partial charge in [-0.1, -0.05) is 72.3 Å². The quantitative estimate of drug-likeness (QED) is 0.226. The van der Waals surface area contributed by atoms with Gasteiger partial charge in [0.15, 0.2) is 0 Å². The molecule has 0 unspecified atom stereocenters. The maximum Gasteiger partial charge on any atom is 0.215 e. The third-order valence-corrected chi connectivity index (χ3v) is 5.41. The third-order valence-electron chi connectivity index (χ3n) is 4.34. The number of rotatable bonds is 4. The van der Waals surface area contributed by atoms with Gasteiger partial charge >= 0.3 is 0 Å². The summed E-state index contributed by atoms with van der Waals surface area (Å²) in [6, 6.07) is 28.2. The Morgan fingerprint density at radius 3 is 2.14 bits per heavy atom. The van der Waals surface area contributed by atoms with Gasteiger partial charge in [0, 0.05) is 16.1 Å². The number of hydrogen-bond donors (Lipinski definition) is 0. The normalized spacial score (nSPS) is 11.9. The van der Waals surface area contributed by atoms with Gasteiger partial charge < -0.3 is 0 Å². The van der Waals surface area contributed by atoms with Gasteiger partial charge in [-0.15, -0.1) is 33.4 Å². The van der Waals surface area contributed by atoms with Gasteiger partial charge in [0.05, 0.1) is 11.4 Å². The lowest BCUT2D eigenvalue weighted by Gasteiger charge is -2.08. The van der Waals surface area contributed by atoms with Crippen LogP contribution >= 0.6 is 39.9 Å². The summed E-state index contributed by atoms with van der Waals surface area (Å²) in [5.74, 6) is 0. The number of hydrogen-bond acceptors (Lipinski definition) is 3. The van der Waals surface area contributed by atoms with Crippen LogP contribution in [0.5, 0.6) is 0 Å². The van der Waals surface area contributed by atoms with Gasteiger partial charge in [0.1, 0.15) is 0 Å². The van der Waals surface area contributed by atoms with E-state index >= 15 is 0 Å². The van der Waals surface area contributed by atoms with Crippen LogP contribution in [0, 0.1) is 0 Å². The van der Waals surface area contributed by atoms with Crippen molar-refractivity contribution in [1.82, 2.24) is 4.57 Å². The molecule has 0 radical (unpaired) electrons. The molecular formula is C23H19BrClN3S. The van der Waals surface area contributed by atoms with Gasteiger partial charge in [0.2, 0.25) is 4.80 Å². The number of halogens is 2. The largest absolute Gasteiger partial charge is 0.284 e. The van der Waals surface area contributed by atoms with Crippen molar-refractivity contribution in [2.45, 2.75) is 6.92 Å². The van der Waals surface area contributed by atoms with Crippen LogP contribution in [-0.4, -0.2) is 10.3 Å². The standard InChI is InChI=1S/C23H18ClN3S.BrH/c1-17(18-12-14-20(24)15-13-18)25-26-23-27(21-10-6-3-7-11-21)22(16-28-23)19-8-4-2-5-9-19;/h2-16H,1H3;1H. The molecule has 3 aromatic carbocycles. The first-order valence-corrected chi connectivity index (χ1v) is 10.1. The fourth-order valence-electron chi connectivity index (χ4n) is 2.88. The zero-order chi connectivity index (χ0) is 19.3. The molecule has 0 N–H and O–H groups in total. The molecule has 0 saturated heterocycles. The minimum Gasteiger partial charge on any atom is -0.284 e. The summed E-state index contributed by atoms with van der Waals surface area (Å²) in [5.41, 5.74) is 5.13. The monoisotopic (exact) mass is 483 g/mol. The SMILES string of the molecule is Br.CC(=NN=c1scc(-c2ccccc2)n1-c1ccccc1)c1ccc(Cl)cc1. The third kappa shape index (κ3) is 4.93. The van der Waals surface area contributed by atoms with Gasteiger partial charge in [-0.3, -0.25) is 4.57 Å². The van der Waals surface area contributed by atoms with Gasteiger partial charge in [-0.2, -0.15) is 5.10 Å². The molecule has 29 heavy (non-hydrogen) atoms. The van der Waals surface area contributed by atoms with E-state index in [1.165, 1.54) is 0 Å². The van der Waals surface area contributed by atoms with Crippen molar-refractivity contribution in [2.75, 3.05) is 0 Å². The molecule has 0 aliphatic rings. The lowest BCUT2D eigenvalue weighted by atomic mass is 10.1. The van der Waals surface area contributed by atoms with Crippen molar-refractivity contribution in [3.8, 4) is 16.9 Å². The van der Waals surface area contributed by atoms with Crippen LogP contribution in [0.2, 0.25) is 5.02 Å². The second-order valence-corrected chi connectivity index (χ2v) is 7.51. The van der Waals surface area contributed by atoms with Crippen molar-refractivity contribution in [3.63, 3.8) is 0 Å². The van der Waals surface area contributed by atoms with E-state index in [4.69, 9.17) is 11.6 Å². The minimum atomic E-state index is 0. The maximum atomic E-state index is 5.97. The summed E-state index contributed by atoms with van der Waals surface area (Å²) in [5, 5.41) is 11.9. The van der Waals surface area contributed by atoms with Crippen LogP contribution in [0.15, 0.2) is 101 Å². The average molecular weight is 485 g/mol. The lowest BCUT2D eigenvalue weighted by Crippen LogP contribution is -2.13. The molecule has 0 bridgehead atoms. The minimum absolute atomic E-state index is 0. The van der Waals surface area contributed by atoms with E-state index in [9.17, 15) is 0 Å². The van der Waals surface area contributed by atoms with E-state index in [2.05, 4.69) is 44.4 Å². The average Bonchev–Trinajstić information content (AvgIpc) is 3.18. The summed E-state index contributed by atoms with van der Waals surface area (Å²) in [6.07, 6.45) is 0. The Bertz CT molecular complexity index is 1160. The van der Waals surface area contributed by atoms with Crippen LogP contribution in [0.1, 0.15) is 12.5 Å². The Balaban J connectivity index is 0.00000240. The van der Waals surface area contributed by atoms with E-state index in [1.54, 1.807) is 11.3 Å². The van der Waals surface area contributed by atoms with Gasteiger partial charge in [0.25, 0.3) is 0 Å². The van der Waals surface area contributed by atoms with Gasteiger partial charge in [-0.25, -0.2) is 0 Å². The molecule has 0 amide bonds. The second-order valence-electron chi connectivity index (χ2n) is 6.23. The smallest absolute Gasteiger partial charge is 0.215 e. The van der Waals surface area contributed by atoms with Crippen LogP contribution in [0.4, 0.5) is 0 Å². The van der Waals surface area contributed by atoms with Crippen molar-refractivity contribution in [1.29, 1.82) is 0 Å². The highest BCUT2D eigenvalue weighted by Gasteiger charge is 2.09. The first-order chi connectivity index (χ1) is 13.7. The molecule has 1 aromatic heterocycles. The van der Waals surface area contributed by atoms with Crippen LogP contribution in [0.25, 0.3) is 16.9 Å². The van der Waals surface area contributed by atoms with Crippen molar-refractivity contribution < 1.29 is 0 Å². The fourth-order valence-corrected chi connectivity index (χ4v) is 3.87. The van der Waals surface area contributed by atoms with Crippen molar-refractivity contribution >= 4 is 45.6 Å². The predicted octanol–water partition coefficient (Wildman–Crippen LogP) is 6.76. The maximum absolute atomic E-state index is 5.97. The molecule has 0 aliphatic carbocycles. The highest BCUT2D eigenvalue weighted by atomic mass is 79.9. The Labute approximate surface area is 189 Å². The van der Waals surface area contributed by atoms with E-state index < -0.39 is 0 Å². The summed E-state index contributed by atoms with van der Waals surface area (Å²) >= 11 is 7.55. The summed E-state index contributed by atoms with van der Waals surface area (Å²) in [6.45, 7) is 1.95. The van der Waals surface area contributed by atoms with E-state index in [0.29, 0.717) is 5.02 Å². The molecule has 0 atom stereocenters. The molecule has 4 rings (SSSR count). The Hall–Kier alpha value is -2.47. The fraction of sp³-hybridized carbons (Fsp3) is 0.0435. The molecule has 1 heterocycles. The molecule has 0 aliphatic heterocycles. The summed E-state index contributed by atoms with van der Waals surface area (Å²) < 4.78 is 2.14. The zero-order valence-electron chi connectivity index (χ0n) is 15.7. The topological polar surface area (TPSA) is 29.6 Å². The summed E-state index contributed by atoms with van der Waals surface area (Å²) in [7, 11) is 0. The Morgan fingerprint density at radius 2 is 1.48 bits per heavy atom. The van der Waals surface area contributed by atoms with E-state index in [0.717, 1.165) is 33.0 Å². The number of benzene rings is 3. The molecule has 4 aromatic rings. The molecule has 0 fully saturated rings. The van der Waals surface area contributed by atoms with E-state index in [-0.39, 0.29) is 17.0 Å². The first kappa shape index (κ1) is 21.2. The number of para-hydroxylation sites is 1. The molecule has 0 saturated carbocycles. The van der Waals surface area contributed by atoms with Crippen molar-refractivity contribution in [3.05, 3.63) is 106 Å². The van der Waals surface area contributed by atoms with Crippen LogP contribution < -0.4 is 4.80 Å². The number of aromatic nitrogens is 1. The Kier molecular flexibility index (Phi) is 7.20.